The third-order valence-corrected chi connectivity index (χ3v) is 4.49. The van der Waals surface area contributed by atoms with Gasteiger partial charge in [0.05, 0.1) is 28.5 Å². The molecule has 1 amide bonds. The highest BCUT2D eigenvalue weighted by atomic mass is 16.2. The minimum Gasteiger partial charge on any atom is -0.342 e. The van der Waals surface area contributed by atoms with Crippen LogP contribution in [0.1, 0.15) is 18.1 Å². The van der Waals surface area contributed by atoms with Crippen molar-refractivity contribution in [3.05, 3.63) is 70.5 Å². The van der Waals surface area contributed by atoms with E-state index in [1.165, 1.54) is 0 Å². The second-order valence-electron chi connectivity index (χ2n) is 6.48. The number of hydrogen-bond donors (Lipinski definition) is 2. The number of para-hydroxylation sites is 3. The number of benzene rings is 2. The standard InChI is InChI=1S/C20H19N5O2/c1-25(12-18-21-14-7-3-2-6-13(14)20(27)24-18)19(26)11-10-17-22-15-8-4-5-9-16(15)23-17/h2-9H,10-12H2,1H3,(H,22,23)(H,21,24,27). The van der Waals surface area contributed by atoms with E-state index in [0.717, 1.165) is 16.9 Å². The first-order chi connectivity index (χ1) is 13.1. The average molecular weight is 361 g/mol. The van der Waals surface area contributed by atoms with Crippen molar-refractivity contribution in [1.82, 2.24) is 24.8 Å². The maximum absolute atomic E-state index is 12.4. The number of rotatable bonds is 5. The molecule has 2 heterocycles. The Hall–Kier alpha value is -3.48. The van der Waals surface area contributed by atoms with Gasteiger partial charge in [-0.05, 0) is 24.3 Å². The Morgan fingerprint density at radius 1 is 0.963 bits per heavy atom. The lowest BCUT2D eigenvalue weighted by molar-refractivity contribution is -0.130. The van der Waals surface area contributed by atoms with Gasteiger partial charge in [0, 0.05) is 19.9 Å². The van der Waals surface area contributed by atoms with Gasteiger partial charge in [-0.25, -0.2) is 9.97 Å². The molecule has 2 N–H and O–H groups in total. The molecule has 0 aliphatic carbocycles. The summed E-state index contributed by atoms with van der Waals surface area (Å²) < 4.78 is 0. The number of carbonyl (C=O) groups is 1. The highest BCUT2D eigenvalue weighted by Gasteiger charge is 2.13. The summed E-state index contributed by atoms with van der Waals surface area (Å²) in [5, 5.41) is 0.542. The number of imidazole rings is 1. The molecule has 0 unspecified atom stereocenters. The van der Waals surface area contributed by atoms with Crippen LogP contribution in [0, 0.1) is 0 Å². The van der Waals surface area contributed by atoms with Crippen LogP contribution in [-0.4, -0.2) is 37.8 Å². The number of nitrogens with one attached hydrogen (secondary N) is 2. The van der Waals surface area contributed by atoms with Crippen molar-refractivity contribution >= 4 is 27.8 Å². The number of amides is 1. The van der Waals surface area contributed by atoms with Gasteiger partial charge in [-0.1, -0.05) is 24.3 Å². The summed E-state index contributed by atoms with van der Waals surface area (Å²) in [7, 11) is 1.70. The van der Waals surface area contributed by atoms with Gasteiger partial charge in [-0.15, -0.1) is 0 Å². The third kappa shape index (κ3) is 3.57. The van der Waals surface area contributed by atoms with E-state index >= 15 is 0 Å². The lowest BCUT2D eigenvalue weighted by Crippen LogP contribution is -2.28. The molecule has 27 heavy (non-hydrogen) atoms. The van der Waals surface area contributed by atoms with Crippen LogP contribution >= 0.6 is 0 Å². The van der Waals surface area contributed by atoms with E-state index in [0.29, 0.717) is 29.6 Å². The van der Waals surface area contributed by atoms with Crippen molar-refractivity contribution < 1.29 is 4.79 Å². The summed E-state index contributed by atoms with van der Waals surface area (Å²) in [6.07, 6.45) is 0.855. The molecule has 7 nitrogen and oxygen atoms in total. The van der Waals surface area contributed by atoms with Crippen molar-refractivity contribution in [2.24, 2.45) is 0 Å². The van der Waals surface area contributed by atoms with Gasteiger partial charge in [-0.2, -0.15) is 0 Å². The van der Waals surface area contributed by atoms with Gasteiger partial charge in [0.2, 0.25) is 5.91 Å². The molecule has 0 aliphatic rings. The fourth-order valence-electron chi connectivity index (χ4n) is 3.06. The zero-order valence-corrected chi connectivity index (χ0v) is 14.9. The zero-order chi connectivity index (χ0) is 18.8. The van der Waals surface area contributed by atoms with Gasteiger partial charge in [0.15, 0.2) is 0 Å². The number of aromatic nitrogens is 4. The highest BCUT2D eigenvalue weighted by Crippen LogP contribution is 2.12. The number of H-pyrrole nitrogens is 2. The minimum atomic E-state index is -0.196. The molecule has 7 heteroatoms. The molecule has 0 bridgehead atoms. The van der Waals surface area contributed by atoms with Gasteiger partial charge in [0.1, 0.15) is 11.6 Å². The fourth-order valence-corrected chi connectivity index (χ4v) is 3.06. The Labute approximate surface area is 155 Å². The number of aryl methyl sites for hydroxylation is 1. The molecular formula is C20H19N5O2. The second kappa shape index (κ2) is 7.03. The molecular weight excluding hydrogens is 342 g/mol. The largest absolute Gasteiger partial charge is 0.342 e. The van der Waals surface area contributed by atoms with Gasteiger partial charge < -0.3 is 14.9 Å². The molecule has 136 valence electrons. The monoisotopic (exact) mass is 361 g/mol. The van der Waals surface area contributed by atoms with E-state index in [2.05, 4.69) is 19.9 Å². The first-order valence-electron chi connectivity index (χ1n) is 8.76. The number of nitrogens with zero attached hydrogens (tertiary/aromatic N) is 3. The summed E-state index contributed by atoms with van der Waals surface area (Å²) in [6.45, 7) is 0.249. The molecule has 0 aliphatic heterocycles. The molecule has 0 saturated heterocycles. The van der Waals surface area contributed by atoms with Crippen LogP contribution in [0.4, 0.5) is 0 Å². The van der Waals surface area contributed by atoms with Crippen LogP contribution in [0.25, 0.3) is 21.9 Å². The van der Waals surface area contributed by atoms with Crippen LogP contribution in [0.2, 0.25) is 0 Å². The molecule has 0 spiro atoms. The Balaban J connectivity index is 1.42. The quantitative estimate of drug-likeness (QED) is 0.571. The van der Waals surface area contributed by atoms with E-state index in [4.69, 9.17) is 0 Å². The summed E-state index contributed by atoms with van der Waals surface area (Å²) in [5.74, 6) is 1.22. The fraction of sp³-hybridized carbons (Fsp3) is 0.200. The van der Waals surface area contributed by atoms with Crippen molar-refractivity contribution in [3.63, 3.8) is 0 Å². The molecule has 0 radical (unpaired) electrons. The van der Waals surface area contributed by atoms with Crippen molar-refractivity contribution in [2.45, 2.75) is 19.4 Å². The van der Waals surface area contributed by atoms with Crippen LogP contribution in [0.5, 0.6) is 0 Å². The molecule has 0 atom stereocenters. The Kier molecular flexibility index (Phi) is 4.42. The van der Waals surface area contributed by atoms with Crippen LogP contribution in [0.15, 0.2) is 53.3 Å². The molecule has 2 aromatic carbocycles. The summed E-state index contributed by atoms with van der Waals surface area (Å²) >= 11 is 0. The Bertz CT molecular complexity index is 1140. The van der Waals surface area contributed by atoms with E-state index in [9.17, 15) is 9.59 Å². The van der Waals surface area contributed by atoms with Crippen LogP contribution in [-0.2, 0) is 17.8 Å². The Morgan fingerprint density at radius 3 is 2.48 bits per heavy atom. The van der Waals surface area contributed by atoms with Gasteiger partial charge in [-0.3, -0.25) is 9.59 Å². The number of hydrogen-bond acceptors (Lipinski definition) is 4. The Morgan fingerprint density at radius 2 is 1.67 bits per heavy atom. The number of aromatic amines is 2. The van der Waals surface area contributed by atoms with Crippen molar-refractivity contribution in [3.8, 4) is 0 Å². The lowest BCUT2D eigenvalue weighted by atomic mass is 10.2. The van der Waals surface area contributed by atoms with E-state index < -0.39 is 0 Å². The maximum Gasteiger partial charge on any atom is 0.258 e. The van der Waals surface area contributed by atoms with Crippen molar-refractivity contribution in [1.29, 1.82) is 0 Å². The lowest BCUT2D eigenvalue weighted by Gasteiger charge is -2.16. The summed E-state index contributed by atoms with van der Waals surface area (Å²) in [6, 6.07) is 14.9. The zero-order valence-electron chi connectivity index (χ0n) is 14.9. The third-order valence-electron chi connectivity index (χ3n) is 4.49. The highest BCUT2D eigenvalue weighted by molar-refractivity contribution is 5.78. The van der Waals surface area contributed by atoms with E-state index in [1.807, 2.05) is 30.3 Å². The summed E-state index contributed by atoms with van der Waals surface area (Å²) in [4.78, 5) is 41.0. The SMILES string of the molecule is CN(Cc1nc2ccccc2c(=O)[nH]1)C(=O)CCc1nc2ccccc2[nH]1. The first-order valence-corrected chi connectivity index (χ1v) is 8.76. The predicted molar refractivity (Wildman–Crippen MR) is 103 cm³/mol. The second-order valence-corrected chi connectivity index (χ2v) is 6.48. The summed E-state index contributed by atoms with van der Waals surface area (Å²) in [5.41, 5.74) is 2.29. The molecule has 0 fully saturated rings. The van der Waals surface area contributed by atoms with Gasteiger partial charge >= 0.3 is 0 Å². The first kappa shape index (κ1) is 17.0. The molecule has 4 rings (SSSR count). The molecule has 2 aromatic heterocycles. The normalized spacial score (nSPS) is 11.1. The average Bonchev–Trinajstić information content (AvgIpc) is 3.09. The smallest absolute Gasteiger partial charge is 0.258 e. The number of fused-ring (bicyclic) bond motifs is 2. The minimum absolute atomic E-state index is 0.0359. The number of carbonyl (C=O) groups excluding carboxylic acids is 1. The molecule has 0 saturated carbocycles. The van der Waals surface area contributed by atoms with E-state index in [1.54, 1.807) is 30.1 Å². The van der Waals surface area contributed by atoms with E-state index in [-0.39, 0.29) is 18.0 Å². The topological polar surface area (TPSA) is 94.7 Å². The van der Waals surface area contributed by atoms with Crippen LogP contribution in [0.3, 0.4) is 0 Å². The van der Waals surface area contributed by atoms with Crippen molar-refractivity contribution in [2.75, 3.05) is 7.05 Å². The van der Waals surface area contributed by atoms with Gasteiger partial charge in [0.25, 0.3) is 5.56 Å². The molecule has 4 aromatic rings. The predicted octanol–water partition coefficient (Wildman–Crippen LogP) is 2.39. The maximum atomic E-state index is 12.4. The van der Waals surface area contributed by atoms with Crippen LogP contribution < -0.4 is 5.56 Å².